The summed E-state index contributed by atoms with van der Waals surface area (Å²) in [6.07, 6.45) is 3.07. The van der Waals surface area contributed by atoms with Gasteiger partial charge in [0.1, 0.15) is 5.71 Å². The van der Waals surface area contributed by atoms with Crippen molar-refractivity contribution >= 4 is 23.4 Å². The van der Waals surface area contributed by atoms with E-state index in [1.165, 1.54) is 14.2 Å². The van der Waals surface area contributed by atoms with E-state index in [0.717, 1.165) is 44.6 Å². The number of unbranched alkanes of at least 4 members (excludes halogenated alkanes) is 1. The monoisotopic (exact) mass is 477 g/mol. The molecule has 0 radical (unpaired) electrons. The first-order valence-electron chi connectivity index (χ1n) is 11.2. The molecule has 1 aliphatic rings. The summed E-state index contributed by atoms with van der Waals surface area (Å²) in [5.41, 5.74) is 11.3. The minimum absolute atomic E-state index is 0.0196. The Balaban J connectivity index is 1.93. The lowest BCUT2D eigenvalue weighted by molar-refractivity contribution is -0.115. The largest absolute Gasteiger partial charge is 0.493 e. The van der Waals surface area contributed by atoms with Crippen molar-refractivity contribution in [2.75, 3.05) is 47.0 Å². The molecular formula is C22H35N7O5. The fraction of sp³-hybridized carbons (Fsp3) is 0.545. The quantitative estimate of drug-likeness (QED) is 0.0792. The predicted octanol–water partition coefficient (Wildman–Crippen LogP) is 0.407. The predicted molar refractivity (Wildman–Crippen MR) is 130 cm³/mol. The molecule has 1 aromatic carbocycles. The van der Waals surface area contributed by atoms with Gasteiger partial charge in [0.25, 0.3) is 5.91 Å². The number of amides is 1. The first-order chi connectivity index (χ1) is 16.5. The summed E-state index contributed by atoms with van der Waals surface area (Å²) < 4.78 is 16.8. The molecule has 0 aliphatic carbocycles. The van der Waals surface area contributed by atoms with Gasteiger partial charge in [-0.2, -0.15) is 0 Å². The molecule has 0 atom stereocenters. The summed E-state index contributed by atoms with van der Waals surface area (Å²) in [5.74, 6) is 1.92. The van der Waals surface area contributed by atoms with E-state index in [0.29, 0.717) is 42.5 Å². The van der Waals surface area contributed by atoms with Gasteiger partial charge in [0.2, 0.25) is 5.75 Å². The number of carbonyl (C=O) groups is 1. The molecule has 0 unspecified atom stereocenters. The van der Waals surface area contributed by atoms with Crippen LogP contribution in [0.5, 0.6) is 17.2 Å². The third kappa shape index (κ3) is 8.68. The van der Waals surface area contributed by atoms with Crippen molar-refractivity contribution in [3.05, 3.63) is 17.7 Å². The number of ether oxygens (including phenoxy) is 3. The van der Waals surface area contributed by atoms with Crippen molar-refractivity contribution in [2.24, 2.45) is 26.6 Å². The minimum atomic E-state index is -0.442. The second-order valence-corrected chi connectivity index (χ2v) is 7.53. The second-order valence-electron chi connectivity index (χ2n) is 7.53. The van der Waals surface area contributed by atoms with E-state index in [2.05, 4.69) is 25.8 Å². The van der Waals surface area contributed by atoms with Crippen molar-refractivity contribution < 1.29 is 24.2 Å². The van der Waals surface area contributed by atoms with Crippen molar-refractivity contribution in [3.63, 3.8) is 0 Å². The molecule has 2 rings (SSSR count). The third-order valence-electron chi connectivity index (χ3n) is 4.99. The molecule has 1 aromatic rings. The van der Waals surface area contributed by atoms with Crippen LogP contribution in [0.3, 0.4) is 0 Å². The Morgan fingerprint density at radius 3 is 2.53 bits per heavy atom. The third-order valence-corrected chi connectivity index (χ3v) is 4.99. The number of carbonyl (C=O) groups excluding carboxylic acids is 1. The van der Waals surface area contributed by atoms with Gasteiger partial charge in [0.15, 0.2) is 17.5 Å². The lowest BCUT2D eigenvalue weighted by atomic mass is 10.1. The molecule has 0 aromatic heterocycles. The molecule has 1 aliphatic heterocycles. The number of benzene rings is 1. The van der Waals surface area contributed by atoms with Gasteiger partial charge < -0.3 is 41.5 Å². The molecular weight excluding hydrogens is 442 g/mol. The number of nitrogens with zero attached hydrogens (tertiary/aromatic N) is 3. The van der Waals surface area contributed by atoms with Gasteiger partial charge in [-0.05, 0) is 37.0 Å². The summed E-state index contributed by atoms with van der Waals surface area (Å²) in [4.78, 5) is 20.7. The Hall–Kier alpha value is -3.70. The number of aliphatic imine (C=N–C) groups is 2. The summed E-state index contributed by atoms with van der Waals surface area (Å²) in [6.45, 7) is 3.04. The smallest absolute Gasteiger partial charge is 0.269 e. The molecule has 0 spiro atoms. The van der Waals surface area contributed by atoms with E-state index in [4.69, 9.17) is 25.7 Å². The van der Waals surface area contributed by atoms with Gasteiger partial charge in [-0.3, -0.25) is 14.8 Å². The fourth-order valence-electron chi connectivity index (χ4n) is 3.30. The summed E-state index contributed by atoms with van der Waals surface area (Å²) in [6, 6.07) is 3.44. The lowest BCUT2D eigenvalue weighted by Gasteiger charge is -2.16. The van der Waals surface area contributed by atoms with Crippen LogP contribution >= 0.6 is 0 Å². The van der Waals surface area contributed by atoms with Crippen molar-refractivity contribution in [1.29, 1.82) is 0 Å². The number of hydrogen-bond acceptors (Lipinski definition) is 9. The highest BCUT2D eigenvalue weighted by Crippen LogP contribution is 2.39. The van der Waals surface area contributed by atoms with Crippen molar-refractivity contribution in [2.45, 2.75) is 32.1 Å². The molecule has 0 bridgehead atoms. The van der Waals surface area contributed by atoms with Gasteiger partial charge in [-0.1, -0.05) is 5.16 Å². The van der Waals surface area contributed by atoms with Gasteiger partial charge in [-0.25, -0.2) is 0 Å². The van der Waals surface area contributed by atoms with Crippen LogP contribution in [0.1, 0.15) is 31.2 Å². The summed E-state index contributed by atoms with van der Waals surface area (Å²) in [7, 11) is 3.03. The van der Waals surface area contributed by atoms with E-state index in [1.54, 1.807) is 12.1 Å². The maximum atomic E-state index is 12.5. The number of rotatable bonds is 15. The van der Waals surface area contributed by atoms with Crippen LogP contribution in [-0.4, -0.2) is 75.6 Å². The second kappa shape index (κ2) is 14.4. The van der Waals surface area contributed by atoms with Crippen LogP contribution in [0.15, 0.2) is 27.3 Å². The van der Waals surface area contributed by atoms with E-state index in [9.17, 15) is 10.0 Å². The molecule has 12 nitrogen and oxygen atoms in total. The zero-order chi connectivity index (χ0) is 24.8. The molecule has 34 heavy (non-hydrogen) atoms. The zero-order valence-corrected chi connectivity index (χ0v) is 19.8. The minimum Gasteiger partial charge on any atom is -0.493 e. The summed E-state index contributed by atoms with van der Waals surface area (Å²) >= 11 is 0. The average molecular weight is 478 g/mol. The number of guanidine groups is 1. The Morgan fingerprint density at radius 2 is 1.94 bits per heavy atom. The van der Waals surface area contributed by atoms with Gasteiger partial charge in [0, 0.05) is 32.5 Å². The van der Waals surface area contributed by atoms with Crippen molar-refractivity contribution in [1.82, 2.24) is 10.6 Å². The number of hydrogen-bond donors (Lipinski definition) is 5. The molecule has 0 saturated carbocycles. The van der Waals surface area contributed by atoms with Gasteiger partial charge in [0.05, 0.1) is 33.2 Å². The lowest BCUT2D eigenvalue weighted by Crippen LogP contribution is -2.33. The van der Waals surface area contributed by atoms with E-state index in [1.807, 2.05) is 0 Å². The fourth-order valence-corrected chi connectivity index (χ4v) is 3.30. The van der Waals surface area contributed by atoms with Gasteiger partial charge >= 0.3 is 0 Å². The normalized spacial score (nSPS) is 13.0. The Morgan fingerprint density at radius 1 is 1.21 bits per heavy atom. The van der Waals surface area contributed by atoms with E-state index in [-0.39, 0.29) is 18.1 Å². The SMILES string of the molecule is COc1cc(C/C(=N/O)C(=O)NCCCC2=NCCN2)cc(OC)c1OCCCCN=C(N)N. The molecule has 12 heteroatoms. The average Bonchev–Trinajstić information content (AvgIpc) is 3.35. The Kier molecular flexibility index (Phi) is 11.3. The standard InChI is InChI=1S/C22H35N7O5/c1-32-17-13-15(14-18(33-2)20(17)34-11-4-3-7-28-22(23)24)12-16(29-31)21(30)27-8-5-6-19-25-9-10-26-19/h13-14,31H,3-12H2,1-2H3,(H,25,26)(H,27,30)(H4,23,24,28)/b29-16-. The van der Waals surface area contributed by atoms with Gasteiger partial charge in [-0.15, -0.1) is 0 Å². The highest BCUT2D eigenvalue weighted by atomic mass is 16.5. The maximum absolute atomic E-state index is 12.5. The number of nitrogens with one attached hydrogen (secondary N) is 2. The Labute approximate surface area is 199 Å². The molecule has 7 N–H and O–H groups in total. The Bertz CT molecular complexity index is 873. The molecule has 188 valence electrons. The topological polar surface area (TPSA) is 178 Å². The van der Waals surface area contributed by atoms with Crippen molar-refractivity contribution in [3.8, 4) is 17.2 Å². The summed E-state index contributed by atoms with van der Waals surface area (Å²) in [5, 5.41) is 18.6. The highest BCUT2D eigenvalue weighted by Gasteiger charge is 2.18. The first kappa shape index (κ1) is 26.6. The van der Waals surface area contributed by atoms with Crippen LogP contribution in [0.4, 0.5) is 0 Å². The molecule has 1 heterocycles. The van der Waals surface area contributed by atoms with Crippen LogP contribution in [0.25, 0.3) is 0 Å². The van der Waals surface area contributed by atoms with Crippen LogP contribution in [0, 0.1) is 0 Å². The van der Waals surface area contributed by atoms with Crippen LogP contribution < -0.4 is 36.3 Å². The number of methoxy groups -OCH3 is 2. The highest BCUT2D eigenvalue weighted by molar-refractivity contribution is 6.39. The molecule has 0 fully saturated rings. The molecule has 0 saturated heterocycles. The van der Waals surface area contributed by atoms with E-state index >= 15 is 0 Å². The van der Waals surface area contributed by atoms with Crippen LogP contribution in [0.2, 0.25) is 0 Å². The maximum Gasteiger partial charge on any atom is 0.269 e. The first-order valence-corrected chi connectivity index (χ1v) is 11.2. The van der Waals surface area contributed by atoms with E-state index < -0.39 is 5.91 Å². The number of oxime groups is 1. The van der Waals surface area contributed by atoms with Crippen LogP contribution in [-0.2, 0) is 11.2 Å². The number of amidine groups is 1. The number of nitrogens with two attached hydrogens (primary N) is 2. The molecule has 1 amide bonds. The zero-order valence-electron chi connectivity index (χ0n) is 19.8.